The number of aromatic amines is 1. The van der Waals surface area contributed by atoms with Gasteiger partial charge in [-0.15, -0.1) is 5.10 Å². The Labute approximate surface area is 110 Å². The Balaban J connectivity index is 2.93. The summed E-state index contributed by atoms with van der Waals surface area (Å²) < 4.78 is 30.2. The maximum Gasteiger partial charge on any atom is 0.361 e. The molecule has 0 spiro atoms. The van der Waals surface area contributed by atoms with Crippen LogP contribution in [-0.4, -0.2) is 33.4 Å². The summed E-state index contributed by atoms with van der Waals surface area (Å²) in [7, 11) is 0. The number of nitrogens with one attached hydrogen (secondary N) is 1. The molecule has 0 saturated heterocycles. The molecule has 1 aromatic heterocycles. The zero-order chi connectivity index (χ0) is 14.6. The standard InChI is InChI=1S/C12H19F2N3O2/c1-5-7(6-8(13)14)9-10(16-17-15-9)11(18)19-12(2,3)4/h7-8H,5-6H2,1-4H3,(H,15,16,17). The first kappa shape index (κ1) is 15.5. The number of hydrogen-bond acceptors (Lipinski definition) is 4. The highest BCUT2D eigenvalue weighted by Gasteiger charge is 2.28. The predicted molar refractivity (Wildman–Crippen MR) is 65.2 cm³/mol. The fraction of sp³-hybridized carbons (Fsp3) is 0.750. The maximum atomic E-state index is 12.5. The highest BCUT2D eigenvalue weighted by Crippen LogP contribution is 2.27. The quantitative estimate of drug-likeness (QED) is 0.839. The van der Waals surface area contributed by atoms with E-state index in [0.717, 1.165) is 0 Å². The molecule has 1 N–H and O–H groups in total. The molecule has 1 unspecified atom stereocenters. The van der Waals surface area contributed by atoms with Crippen molar-refractivity contribution in [2.75, 3.05) is 0 Å². The molecule has 0 aliphatic carbocycles. The van der Waals surface area contributed by atoms with Crippen molar-refractivity contribution in [3.63, 3.8) is 0 Å². The molecule has 0 amide bonds. The monoisotopic (exact) mass is 275 g/mol. The molecular weight excluding hydrogens is 256 g/mol. The minimum absolute atomic E-state index is 0.0116. The summed E-state index contributed by atoms with van der Waals surface area (Å²) in [6.07, 6.45) is -2.35. The molecule has 1 heterocycles. The molecule has 0 radical (unpaired) electrons. The average Bonchev–Trinajstić information content (AvgIpc) is 2.71. The van der Waals surface area contributed by atoms with E-state index in [1.165, 1.54) is 0 Å². The van der Waals surface area contributed by atoms with E-state index in [9.17, 15) is 13.6 Å². The zero-order valence-corrected chi connectivity index (χ0v) is 11.5. The summed E-state index contributed by atoms with van der Waals surface area (Å²) in [6.45, 7) is 6.93. The van der Waals surface area contributed by atoms with E-state index in [2.05, 4.69) is 15.4 Å². The summed E-state index contributed by atoms with van der Waals surface area (Å²) >= 11 is 0. The predicted octanol–water partition coefficient (Wildman–Crippen LogP) is 2.91. The second-order valence-electron chi connectivity index (χ2n) is 5.29. The van der Waals surface area contributed by atoms with Gasteiger partial charge in [-0.1, -0.05) is 6.92 Å². The summed E-state index contributed by atoms with van der Waals surface area (Å²) in [5.41, 5.74) is -0.433. The van der Waals surface area contributed by atoms with Gasteiger partial charge < -0.3 is 4.74 Å². The molecule has 1 rings (SSSR count). The maximum absolute atomic E-state index is 12.5. The van der Waals surface area contributed by atoms with Crippen LogP contribution in [0.3, 0.4) is 0 Å². The summed E-state index contributed by atoms with van der Waals surface area (Å²) in [6, 6.07) is 0. The lowest BCUT2D eigenvalue weighted by atomic mass is 9.97. The third kappa shape index (κ3) is 4.57. The van der Waals surface area contributed by atoms with Gasteiger partial charge in [0.15, 0.2) is 5.69 Å². The van der Waals surface area contributed by atoms with Crippen LogP contribution in [0.15, 0.2) is 0 Å². The second-order valence-corrected chi connectivity index (χ2v) is 5.29. The number of esters is 1. The van der Waals surface area contributed by atoms with Gasteiger partial charge in [-0.2, -0.15) is 10.3 Å². The second kappa shape index (κ2) is 6.08. The van der Waals surface area contributed by atoms with Crippen molar-refractivity contribution in [2.24, 2.45) is 0 Å². The normalized spacial score (nSPS) is 13.6. The molecule has 0 aromatic carbocycles. The Morgan fingerprint density at radius 3 is 2.47 bits per heavy atom. The van der Waals surface area contributed by atoms with Gasteiger partial charge in [-0.3, -0.25) is 0 Å². The lowest BCUT2D eigenvalue weighted by Gasteiger charge is -2.19. The summed E-state index contributed by atoms with van der Waals surface area (Å²) in [5, 5.41) is 9.85. The number of rotatable bonds is 5. The van der Waals surface area contributed by atoms with Gasteiger partial charge in [0, 0.05) is 12.3 Å². The van der Waals surface area contributed by atoms with E-state index in [4.69, 9.17) is 4.74 Å². The fourth-order valence-electron chi connectivity index (χ4n) is 1.69. The van der Waals surface area contributed by atoms with Crippen LogP contribution in [0.5, 0.6) is 0 Å². The van der Waals surface area contributed by atoms with Gasteiger partial charge in [0.25, 0.3) is 0 Å². The van der Waals surface area contributed by atoms with Crippen molar-refractivity contribution in [2.45, 2.75) is 58.5 Å². The smallest absolute Gasteiger partial charge is 0.361 e. The SMILES string of the molecule is CCC(CC(F)F)c1n[nH]nc1C(=O)OC(C)(C)C. The van der Waals surface area contributed by atoms with Crippen molar-refractivity contribution in [1.82, 2.24) is 15.4 Å². The number of alkyl halides is 2. The summed E-state index contributed by atoms with van der Waals surface area (Å²) in [4.78, 5) is 11.9. The van der Waals surface area contributed by atoms with Gasteiger partial charge in [0.2, 0.25) is 6.43 Å². The number of H-pyrrole nitrogens is 1. The van der Waals surface area contributed by atoms with Crippen molar-refractivity contribution in [3.8, 4) is 0 Å². The van der Waals surface area contributed by atoms with Crippen LogP contribution in [0.1, 0.15) is 62.6 Å². The number of carbonyl (C=O) groups excluding carboxylic acids is 1. The average molecular weight is 275 g/mol. The van der Waals surface area contributed by atoms with E-state index in [1.54, 1.807) is 27.7 Å². The van der Waals surface area contributed by atoms with Gasteiger partial charge >= 0.3 is 5.97 Å². The van der Waals surface area contributed by atoms with Crippen LogP contribution in [-0.2, 0) is 4.74 Å². The Kier molecular flexibility index (Phi) is 4.97. The van der Waals surface area contributed by atoms with E-state index < -0.39 is 23.9 Å². The molecule has 0 aliphatic rings. The van der Waals surface area contributed by atoms with E-state index >= 15 is 0 Å². The molecule has 108 valence electrons. The lowest BCUT2D eigenvalue weighted by Crippen LogP contribution is -2.25. The van der Waals surface area contributed by atoms with Gasteiger partial charge in [0.05, 0.1) is 0 Å². The molecule has 5 nitrogen and oxygen atoms in total. The molecular formula is C12H19F2N3O2. The number of halogens is 2. The molecule has 19 heavy (non-hydrogen) atoms. The molecule has 0 aliphatic heterocycles. The van der Waals surface area contributed by atoms with Crippen molar-refractivity contribution in [3.05, 3.63) is 11.4 Å². The summed E-state index contributed by atoms with van der Waals surface area (Å²) in [5.74, 6) is -1.16. The van der Waals surface area contributed by atoms with Crippen LogP contribution in [0, 0.1) is 0 Å². The van der Waals surface area contributed by atoms with Gasteiger partial charge in [-0.05, 0) is 27.2 Å². The Bertz CT molecular complexity index is 427. The molecule has 0 bridgehead atoms. The number of aromatic nitrogens is 3. The number of nitrogens with zero attached hydrogens (tertiary/aromatic N) is 2. The number of hydrogen-bond donors (Lipinski definition) is 1. The molecule has 0 fully saturated rings. The van der Waals surface area contributed by atoms with E-state index in [0.29, 0.717) is 6.42 Å². The molecule has 0 saturated carbocycles. The largest absolute Gasteiger partial charge is 0.455 e. The highest BCUT2D eigenvalue weighted by molar-refractivity contribution is 5.88. The van der Waals surface area contributed by atoms with Crippen LogP contribution < -0.4 is 0 Å². The number of carbonyl (C=O) groups is 1. The fourth-order valence-corrected chi connectivity index (χ4v) is 1.69. The van der Waals surface area contributed by atoms with Crippen LogP contribution in [0.2, 0.25) is 0 Å². The van der Waals surface area contributed by atoms with Crippen molar-refractivity contribution < 1.29 is 18.3 Å². The first-order valence-corrected chi connectivity index (χ1v) is 6.16. The Morgan fingerprint density at radius 2 is 2.00 bits per heavy atom. The zero-order valence-electron chi connectivity index (χ0n) is 11.5. The van der Waals surface area contributed by atoms with Crippen molar-refractivity contribution >= 4 is 5.97 Å². The Morgan fingerprint density at radius 1 is 1.37 bits per heavy atom. The third-order valence-corrected chi connectivity index (χ3v) is 2.51. The molecule has 1 atom stereocenters. The first-order chi connectivity index (χ1) is 8.74. The Hall–Kier alpha value is -1.53. The topological polar surface area (TPSA) is 67.9 Å². The minimum atomic E-state index is -2.45. The lowest BCUT2D eigenvalue weighted by molar-refractivity contribution is 0.00599. The molecule has 7 heteroatoms. The van der Waals surface area contributed by atoms with Crippen LogP contribution >= 0.6 is 0 Å². The van der Waals surface area contributed by atoms with Gasteiger partial charge in [-0.25, -0.2) is 13.6 Å². The first-order valence-electron chi connectivity index (χ1n) is 6.16. The molecule has 1 aromatic rings. The minimum Gasteiger partial charge on any atom is -0.455 e. The highest BCUT2D eigenvalue weighted by atomic mass is 19.3. The van der Waals surface area contributed by atoms with Crippen LogP contribution in [0.4, 0.5) is 8.78 Å². The van der Waals surface area contributed by atoms with Crippen molar-refractivity contribution in [1.29, 1.82) is 0 Å². The number of ether oxygens (including phenoxy) is 1. The van der Waals surface area contributed by atoms with Crippen LogP contribution in [0.25, 0.3) is 0 Å². The van der Waals surface area contributed by atoms with Gasteiger partial charge in [0.1, 0.15) is 11.3 Å². The third-order valence-electron chi connectivity index (χ3n) is 2.51. The van der Waals surface area contributed by atoms with E-state index in [1.807, 2.05) is 0 Å². The van der Waals surface area contributed by atoms with E-state index in [-0.39, 0.29) is 17.8 Å².